The summed E-state index contributed by atoms with van der Waals surface area (Å²) in [4.78, 5) is 54.8. The minimum atomic E-state index is -0.678. The Morgan fingerprint density at radius 1 is 1.21 bits per heavy atom. The van der Waals surface area contributed by atoms with Gasteiger partial charge >= 0.3 is 11.7 Å². The van der Waals surface area contributed by atoms with Crippen molar-refractivity contribution in [1.82, 2.24) is 18.7 Å². The number of nitrogens with zero attached hydrogens (tertiary/aromatic N) is 6. The normalized spacial score (nSPS) is 13.6. The summed E-state index contributed by atoms with van der Waals surface area (Å²) in [6, 6.07) is 4.18. The Balaban J connectivity index is 1.49. The molecular weight excluding hydrogens is 432 g/mol. The number of non-ortho nitro benzene ring substituents is 1. The van der Waals surface area contributed by atoms with E-state index in [9.17, 15) is 24.5 Å². The minimum Gasteiger partial charge on any atom is -0.462 e. The van der Waals surface area contributed by atoms with Gasteiger partial charge in [0.1, 0.15) is 0 Å². The molecule has 0 spiro atoms. The van der Waals surface area contributed by atoms with E-state index in [4.69, 9.17) is 4.74 Å². The zero-order valence-corrected chi connectivity index (χ0v) is 18.4. The minimum absolute atomic E-state index is 0.0494. The molecule has 0 saturated carbocycles. The average Bonchev–Trinajstić information content (AvgIpc) is 3.46. The second-order valence-corrected chi connectivity index (χ2v) is 7.97. The summed E-state index contributed by atoms with van der Waals surface area (Å²) < 4.78 is 9.30. The molecule has 0 amide bonds. The van der Waals surface area contributed by atoms with E-state index in [-0.39, 0.29) is 30.8 Å². The average molecular weight is 456 g/mol. The Hall–Kier alpha value is -3.96. The van der Waals surface area contributed by atoms with Gasteiger partial charge in [-0.15, -0.1) is 0 Å². The maximum absolute atomic E-state index is 12.8. The lowest BCUT2D eigenvalue weighted by atomic mass is 10.1. The molecule has 12 nitrogen and oxygen atoms in total. The number of aryl methyl sites for hydroxylation is 2. The zero-order chi connectivity index (χ0) is 23.7. The fourth-order valence-electron chi connectivity index (χ4n) is 4.09. The number of aromatic nitrogens is 4. The largest absolute Gasteiger partial charge is 0.462 e. The lowest BCUT2D eigenvalue weighted by molar-refractivity contribution is -0.384. The van der Waals surface area contributed by atoms with Crippen LogP contribution in [0, 0.1) is 10.1 Å². The van der Waals surface area contributed by atoms with E-state index in [1.54, 1.807) is 17.7 Å². The van der Waals surface area contributed by atoms with Crippen LogP contribution in [0.2, 0.25) is 0 Å². The van der Waals surface area contributed by atoms with E-state index in [0.717, 1.165) is 30.5 Å². The summed E-state index contributed by atoms with van der Waals surface area (Å²) in [5.41, 5.74) is 0.188. The van der Waals surface area contributed by atoms with Gasteiger partial charge in [0.25, 0.3) is 11.2 Å². The van der Waals surface area contributed by atoms with E-state index < -0.39 is 22.1 Å². The fraction of sp³-hybridized carbons (Fsp3) is 0.429. The number of rotatable bonds is 7. The van der Waals surface area contributed by atoms with Crippen molar-refractivity contribution < 1.29 is 14.5 Å². The second-order valence-electron chi connectivity index (χ2n) is 7.97. The number of fused-ring (bicyclic) bond motifs is 1. The smallest absolute Gasteiger partial charge is 0.340 e. The molecule has 174 valence electrons. The topological polar surface area (TPSA) is 135 Å². The van der Waals surface area contributed by atoms with Crippen molar-refractivity contribution in [1.29, 1.82) is 0 Å². The number of hydrogen-bond acceptors (Lipinski definition) is 8. The summed E-state index contributed by atoms with van der Waals surface area (Å²) in [6.07, 6.45) is 3.65. The standard InChI is InChI=1S/C21H24N6O6/c1-23-13-22-18-17(23)19(28)26(21(30)24(18)2)10-5-11-33-20(29)15-12-14(27(31)32)6-7-16(15)25-8-3-4-9-25/h6-7,12-13H,3-5,8-11H2,1-2H3. The number of carbonyl (C=O) groups excluding carboxylic acids is 1. The summed E-state index contributed by atoms with van der Waals surface area (Å²) in [5, 5.41) is 11.2. The molecule has 4 rings (SSSR count). The molecule has 1 fully saturated rings. The summed E-state index contributed by atoms with van der Waals surface area (Å²) in [6.45, 7) is 1.52. The molecule has 3 heterocycles. The van der Waals surface area contributed by atoms with E-state index in [2.05, 4.69) is 4.98 Å². The van der Waals surface area contributed by atoms with Crippen LogP contribution >= 0.6 is 0 Å². The highest BCUT2D eigenvalue weighted by Crippen LogP contribution is 2.29. The predicted molar refractivity (Wildman–Crippen MR) is 120 cm³/mol. The Kier molecular flexibility index (Phi) is 5.99. The summed E-state index contributed by atoms with van der Waals surface area (Å²) in [7, 11) is 3.21. The first kappa shape index (κ1) is 22.2. The first-order valence-electron chi connectivity index (χ1n) is 10.6. The van der Waals surface area contributed by atoms with Crippen molar-refractivity contribution in [2.24, 2.45) is 14.1 Å². The van der Waals surface area contributed by atoms with Gasteiger partial charge in [-0.2, -0.15) is 0 Å². The third-order valence-corrected chi connectivity index (χ3v) is 5.82. The molecular formula is C21H24N6O6. The summed E-state index contributed by atoms with van der Waals surface area (Å²) in [5.74, 6) is -0.678. The molecule has 1 aliphatic rings. The number of carbonyl (C=O) groups is 1. The number of anilines is 1. The first-order valence-corrected chi connectivity index (χ1v) is 10.6. The van der Waals surface area contributed by atoms with Crippen LogP contribution in [0.5, 0.6) is 0 Å². The molecule has 3 aromatic rings. The molecule has 0 radical (unpaired) electrons. The zero-order valence-electron chi connectivity index (χ0n) is 18.4. The van der Waals surface area contributed by atoms with Crippen molar-refractivity contribution in [3.05, 3.63) is 61.0 Å². The number of hydrogen-bond donors (Lipinski definition) is 0. The number of esters is 1. The van der Waals surface area contributed by atoms with Gasteiger partial charge in [-0.1, -0.05) is 0 Å². The van der Waals surface area contributed by atoms with Crippen LogP contribution in [0.3, 0.4) is 0 Å². The third-order valence-electron chi connectivity index (χ3n) is 5.82. The number of nitro benzene ring substituents is 1. The van der Waals surface area contributed by atoms with Gasteiger partial charge < -0.3 is 14.2 Å². The first-order chi connectivity index (χ1) is 15.8. The van der Waals surface area contributed by atoms with Gasteiger partial charge in [0.05, 0.1) is 29.1 Å². The van der Waals surface area contributed by atoms with Crippen LogP contribution < -0.4 is 16.1 Å². The van der Waals surface area contributed by atoms with E-state index in [1.807, 2.05) is 4.90 Å². The van der Waals surface area contributed by atoms with Crippen LogP contribution in [0.1, 0.15) is 29.6 Å². The molecule has 1 saturated heterocycles. The molecule has 1 aromatic carbocycles. The van der Waals surface area contributed by atoms with Crippen molar-refractivity contribution in [2.75, 3.05) is 24.6 Å². The number of benzene rings is 1. The second kappa shape index (κ2) is 8.88. The van der Waals surface area contributed by atoms with Crippen LogP contribution in [-0.4, -0.2) is 49.3 Å². The van der Waals surface area contributed by atoms with E-state index in [0.29, 0.717) is 16.9 Å². The predicted octanol–water partition coefficient (Wildman–Crippen LogP) is 1.19. The molecule has 1 aliphatic heterocycles. The molecule has 0 atom stereocenters. The maximum atomic E-state index is 12.8. The number of ether oxygens (including phenoxy) is 1. The van der Waals surface area contributed by atoms with Crippen LogP contribution in [-0.2, 0) is 25.4 Å². The molecule has 2 aromatic heterocycles. The lowest BCUT2D eigenvalue weighted by Crippen LogP contribution is -2.39. The number of imidazole rings is 1. The van der Waals surface area contributed by atoms with Gasteiger partial charge in [0.2, 0.25) is 0 Å². The Labute approximate surface area is 187 Å². The van der Waals surface area contributed by atoms with Crippen LogP contribution in [0.15, 0.2) is 34.1 Å². The van der Waals surface area contributed by atoms with Crippen LogP contribution in [0.4, 0.5) is 11.4 Å². The molecule has 12 heteroatoms. The summed E-state index contributed by atoms with van der Waals surface area (Å²) >= 11 is 0. The fourth-order valence-corrected chi connectivity index (χ4v) is 4.09. The Morgan fingerprint density at radius 3 is 2.64 bits per heavy atom. The van der Waals surface area contributed by atoms with Crippen molar-refractivity contribution in [3.63, 3.8) is 0 Å². The lowest BCUT2D eigenvalue weighted by Gasteiger charge is -2.20. The highest BCUT2D eigenvalue weighted by Gasteiger charge is 2.23. The molecule has 0 N–H and O–H groups in total. The SMILES string of the molecule is Cn1cnc2c1c(=O)n(CCCOC(=O)c1cc([N+](=O)[O-])ccc1N1CCCC1)c(=O)n2C. The van der Waals surface area contributed by atoms with Crippen molar-refractivity contribution in [3.8, 4) is 0 Å². The highest BCUT2D eigenvalue weighted by atomic mass is 16.6. The van der Waals surface area contributed by atoms with Crippen molar-refractivity contribution in [2.45, 2.75) is 25.8 Å². The van der Waals surface area contributed by atoms with Gasteiger partial charge in [-0.05, 0) is 25.3 Å². The van der Waals surface area contributed by atoms with Gasteiger partial charge in [-0.25, -0.2) is 14.6 Å². The van der Waals surface area contributed by atoms with Gasteiger partial charge in [0, 0.05) is 45.9 Å². The van der Waals surface area contributed by atoms with E-state index >= 15 is 0 Å². The molecule has 33 heavy (non-hydrogen) atoms. The van der Waals surface area contributed by atoms with Crippen molar-refractivity contribution >= 4 is 28.5 Å². The highest BCUT2D eigenvalue weighted by molar-refractivity contribution is 5.96. The molecule has 0 aliphatic carbocycles. The monoisotopic (exact) mass is 456 g/mol. The maximum Gasteiger partial charge on any atom is 0.340 e. The quantitative estimate of drug-likeness (QED) is 0.224. The van der Waals surface area contributed by atoms with Gasteiger partial charge in [-0.3, -0.25) is 24.0 Å². The third kappa shape index (κ3) is 4.11. The Morgan fingerprint density at radius 2 is 1.94 bits per heavy atom. The molecule has 0 bridgehead atoms. The van der Waals surface area contributed by atoms with E-state index in [1.165, 1.54) is 30.1 Å². The number of nitro groups is 1. The molecule has 0 unspecified atom stereocenters. The van der Waals surface area contributed by atoms with Crippen LogP contribution in [0.25, 0.3) is 11.2 Å². The Bertz CT molecular complexity index is 1350. The van der Waals surface area contributed by atoms with Gasteiger partial charge in [0.15, 0.2) is 11.2 Å².